The molecule has 206 valence electrons. The van der Waals surface area contributed by atoms with Crippen molar-refractivity contribution in [3.63, 3.8) is 0 Å². The quantitative estimate of drug-likeness (QED) is 0.275. The van der Waals surface area contributed by atoms with E-state index in [-0.39, 0.29) is 39.2 Å². The Bertz CT molecular complexity index is 1600. The standard InChI is InChI=1S/C23H22Cl3N7O6/c1-10(2)13-7-17(31-32(21(13)35)9-38-22(36)18(29-26)11(3)4)39-19-14(24)5-12(6-15(19)25)33-23(37)28-20(34)16(8-27)30-33/h5-7,10-11,18,29H,9H2,1-4H3,(H,28,34,37)/t18-/m0/s1. The van der Waals surface area contributed by atoms with Gasteiger partial charge in [0.1, 0.15) is 12.1 Å². The number of H-pyrrole nitrogens is 1. The third-order valence-electron chi connectivity index (χ3n) is 5.34. The molecule has 0 aliphatic rings. The number of aromatic nitrogens is 5. The minimum absolute atomic E-state index is 0.0374. The molecule has 0 saturated heterocycles. The predicted molar refractivity (Wildman–Crippen MR) is 142 cm³/mol. The number of halogens is 3. The molecular weight excluding hydrogens is 577 g/mol. The van der Waals surface area contributed by atoms with Gasteiger partial charge in [0.15, 0.2) is 12.5 Å². The molecule has 39 heavy (non-hydrogen) atoms. The van der Waals surface area contributed by atoms with Crippen LogP contribution in [0.15, 0.2) is 32.6 Å². The second kappa shape index (κ2) is 12.4. The van der Waals surface area contributed by atoms with Gasteiger partial charge in [-0.25, -0.2) is 9.63 Å². The number of nitriles is 1. The van der Waals surface area contributed by atoms with E-state index in [4.69, 9.17) is 49.7 Å². The van der Waals surface area contributed by atoms with Crippen molar-refractivity contribution in [3.8, 4) is 23.4 Å². The maximum Gasteiger partial charge on any atom is 0.349 e. The molecule has 1 aromatic carbocycles. The van der Waals surface area contributed by atoms with Crippen molar-refractivity contribution < 1.29 is 14.3 Å². The van der Waals surface area contributed by atoms with E-state index in [0.717, 1.165) is 9.36 Å². The smallest absolute Gasteiger partial charge is 0.349 e. The van der Waals surface area contributed by atoms with Gasteiger partial charge in [-0.05, 0) is 35.7 Å². The van der Waals surface area contributed by atoms with Gasteiger partial charge < -0.3 is 9.47 Å². The number of benzene rings is 1. The Hall–Kier alpha value is -3.70. The third-order valence-corrected chi connectivity index (χ3v) is 6.13. The van der Waals surface area contributed by atoms with Gasteiger partial charge in [0, 0.05) is 11.6 Å². The molecule has 13 nitrogen and oxygen atoms in total. The molecule has 0 bridgehead atoms. The van der Waals surface area contributed by atoms with Crippen molar-refractivity contribution in [1.29, 1.82) is 5.26 Å². The van der Waals surface area contributed by atoms with Gasteiger partial charge in [0.2, 0.25) is 11.6 Å². The predicted octanol–water partition coefficient (Wildman–Crippen LogP) is 2.84. The van der Waals surface area contributed by atoms with Crippen LogP contribution < -0.4 is 26.4 Å². The number of esters is 1. The highest BCUT2D eigenvalue weighted by Gasteiger charge is 2.24. The van der Waals surface area contributed by atoms with E-state index < -0.39 is 41.2 Å². The first-order chi connectivity index (χ1) is 18.4. The van der Waals surface area contributed by atoms with Crippen molar-refractivity contribution in [2.75, 3.05) is 0 Å². The van der Waals surface area contributed by atoms with Crippen molar-refractivity contribution >= 4 is 40.9 Å². The molecule has 0 aliphatic carbocycles. The normalized spacial score (nSPS) is 11.9. The van der Waals surface area contributed by atoms with E-state index in [9.17, 15) is 19.2 Å². The molecule has 3 rings (SSSR count). The highest BCUT2D eigenvalue weighted by atomic mass is 35.5. The largest absolute Gasteiger partial charge is 0.441 e. The van der Waals surface area contributed by atoms with Crippen LogP contribution in [-0.2, 0) is 16.3 Å². The lowest BCUT2D eigenvalue weighted by Gasteiger charge is -2.18. The number of hydrogen-bond acceptors (Lipinski definition) is 10. The average molecular weight is 599 g/mol. The van der Waals surface area contributed by atoms with Crippen molar-refractivity contribution in [2.45, 2.75) is 46.4 Å². The van der Waals surface area contributed by atoms with E-state index in [2.05, 4.69) is 15.0 Å². The SMILES string of the molecule is CC(C)c1cc(Oc2c(Cl)cc(-n3nc(C#N)c(=O)[nH]c3=O)cc2Cl)nn(COC(=O)[C@@H](NCl)C(C)C)c1=O. The maximum absolute atomic E-state index is 12.9. The summed E-state index contributed by atoms with van der Waals surface area (Å²) in [6, 6.07) is 4.70. The minimum Gasteiger partial charge on any atom is -0.441 e. The summed E-state index contributed by atoms with van der Waals surface area (Å²) in [7, 11) is 0. The number of carbonyl (C=O) groups excluding carboxylic acids is 1. The van der Waals surface area contributed by atoms with Crippen LogP contribution in [0.25, 0.3) is 5.69 Å². The fraction of sp³-hybridized carbons (Fsp3) is 0.348. The van der Waals surface area contributed by atoms with E-state index in [1.54, 1.807) is 33.8 Å². The monoisotopic (exact) mass is 597 g/mol. The zero-order valence-electron chi connectivity index (χ0n) is 21.0. The average Bonchev–Trinajstić information content (AvgIpc) is 2.86. The molecule has 2 heterocycles. The summed E-state index contributed by atoms with van der Waals surface area (Å²) in [4.78, 5) is 53.5. The molecular formula is C23H22Cl3N7O6. The lowest BCUT2D eigenvalue weighted by molar-refractivity contribution is -0.151. The summed E-state index contributed by atoms with van der Waals surface area (Å²) < 4.78 is 12.7. The number of ether oxygens (including phenoxy) is 2. The van der Waals surface area contributed by atoms with Crippen LogP contribution in [0.4, 0.5) is 0 Å². The number of aromatic amines is 1. The lowest BCUT2D eigenvalue weighted by atomic mass is 10.1. The highest BCUT2D eigenvalue weighted by molar-refractivity contribution is 6.37. The summed E-state index contributed by atoms with van der Waals surface area (Å²) in [6.45, 7) is 6.58. The molecule has 0 spiro atoms. The summed E-state index contributed by atoms with van der Waals surface area (Å²) in [5.74, 6) is -1.28. The summed E-state index contributed by atoms with van der Waals surface area (Å²) in [5, 5.41) is 16.7. The molecule has 2 aromatic heterocycles. The van der Waals surface area contributed by atoms with Crippen molar-refractivity contribution in [3.05, 3.63) is 70.7 Å². The van der Waals surface area contributed by atoms with Gasteiger partial charge in [-0.15, -0.1) is 10.2 Å². The number of nitrogens with one attached hydrogen (secondary N) is 2. The van der Waals surface area contributed by atoms with E-state index in [1.165, 1.54) is 18.2 Å². The third kappa shape index (κ3) is 6.66. The fourth-order valence-electron chi connectivity index (χ4n) is 3.26. The van der Waals surface area contributed by atoms with E-state index >= 15 is 0 Å². The van der Waals surface area contributed by atoms with Crippen molar-refractivity contribution in [2.24, 2.45) is 5.92 Å². The number of carbonyl (C=O) groups is 1. The topological polar surface area (TPSA) is 174 Å². The summed E-state index contributed by atoms with van der Waals surface area (Å²) >= 11 is 18.4. The molecule has 0 amide bonds. The Kier molecular flexibility index (Phi) is 9.52. The molecule has 0 saturated carbocycles. The van der Waals surface area contributed by atoms with Gasteiger partial charge in [-0.3, -0.25) is 19.4 Å². The molecule has 1 atom stereocenters. The molecule has 3 aromatic rings. The Balaban J connectivity index is 1.99. The first-order valence-electron chi connectivity index (χ1n) is 11.3. The molecule has 0 aliphatic heterocycles. The molecule has 16 heteroatoms. The first-order valence-corrected chi connectivity index (χ1v) is 12.5. The Morgan fingerprint density at radius 2 is 1.77 bits per heavy atom. The zero-order chi connectivity index (χ0) is 29.0. The Morgan fingerprint density at radius 1 is 1.13 bits per heavy atom. The maximum atomic E-state index is 12.9. The Morgan fingerprint density at radius 3 is 2.31 bits per heavy atom. The Labute approximate surface area is 235 Å². The summed E-state index contributed by atoms with van der Waals surface area (Å²) in [6.07, 6.45) is 0. The summed E-state index contributed by atoms with van der Waals surface area (Å²) in [5.41, 5.74) is -2.57. The fourth-order valence-corrected chi connectivity index (χ4v) is 4.16. The molecule has 0 fully saturated rings. The van der Waals surface area contributed by atoms with Crippen LogP contribution in [0, 0.1) is 17.2 Å². The molecule has 0 unspecified atom stereocenters. The van der Waals surface area contributed by atoms with Gasteiger partial charge in [-0.1, -0.05) is 50.9 Å². The van der Waals surface area contributed by atoms with E-state index in [1.807, 2.05) is 4.98 Å². The van der Waals surface area contributed by atoms with Crippen molar-refractivity contribution in [1.82, 2.24) is 29.4 Å². The van der Waals surface area contributed by atoms with Crippen LogP contribution in [0.1, 0.15) is 44.9 Å². The lowest BCUT2D eigenvalue weighted by Crippen LogP contribution is -2.38. The van der Waals surface area contributed by atoms with Crippen LogP contribution in [0.5, 0.6) is 11.6 Å². The van der Waals surface area contributed by atoms with Gasteiger partial charge >= 0.3 is 11.7 Å². The van der Waals surface area contributed by atoms with Crippen LogP contribution >= 0.6 is 35.0 Å². The van der Waals surface area contributed by atoms with Gasteiger partial charge in [0.05, 0.1) is 15.7 Å². The van der Waals surface area contributed by atoms with Gasteiger partial charge in [0.25, 0.3) is 11.1 Å². The number of nitrogens with zero attached hydrogens (tertiary/aromatic N) is 5. The minimum atomic E-state index is -0.942. The second-order valence-electron chi connectivity index (χ2n) is 8.79. The second-order valence-corrected chi connectivity index (χ2v) is 9.83. The van der Waals surface area contributed by atoms with Crippen LogP contribution in [-0.4, -0.2) is 36.6 Å². The van der Waals surface area contributed by atoms with E-state index in [0.29, 0.717) is 5.56 Å². The molecule has 0 radical (unpaired) electrons. The molecule has 2 N–H and O–H groups in total. The van der Waals surface area contributed by atoms with Gasteiger partial charge in [-0.2, -0.15) is 14.6 Å². The highest BCUT2D eigenvalue weighted by Crippen LogP contribution is 2.37. The first kappa shape index (κ1) is 29.9. The number of hydrogen-bond donors (Lipinski definition) is 2. The number of rotatable bonds is 9. The zero-order valence-corrected chi connectivity index (χ0v) is 23.3. The van der Waals surface area contributed by atoms with Crippen LogP contribution in [0.2, 0.25) is 10.0 Å². The van der Waals surface area contributed by atoms with Crippen LogP contribution in [0.3, 0.4) is 0 Å².